The number of hydrogen-bond donors (Lipinski definition) is 1. The molecule has 2 heterocycles. The minimum atomic E-state index is 0.706. The molecule has 2 N–H and O–H groups in total. The molecule has 4 heteroatoms. The first-order valence-corrected chi connectivity index (χ1v) is 5.60. The van der Waals surface area contributed by atoms with Gasteiger partial charge in [-0.05, 0) is 24.6 Å². The van der Waals surface area contributed by atoms with E-state index in [1.807, 2.05) is 6.07 Å². The normalized spacial score (nSPS) is 13.5. The van der Waals surface area contributed by atoms with Crippen LogP contribution < -0.4 is 5.73 Å². The van der Waals surface area contributed by atoms with Crippen LogP contribution in [0.5, 0.6) is 0 Å². The zero-order valence-corrected chi connectivity index (χ0v) is 9.85. The summed E-state index contributed by atoms with van der Waals surface area (Å²) >= 11 is 0. The molecule has 1 aliphatic heterocycles. The molecular weight excluding hydrogens is 216 g/mol. The van der Waals surface area contributed by atoms with Crippen molar-refractivity contribution in [3.05, 3.63) is 41.9 Å². The van der Waals surface area contributed by atoms with Gasteiger partial charge in [0, 0.05) is 5.56 Å². The van der Waals surface area contributed by atoms with Gasteiger partial charge in [0.1, 0.15) is 0 Å². The van der Waals surface area contributed by atoms with Crippen molar-refractivity contribution in [2.45, 2.75) is 13.0 Å². The van der Waals surface area contributed by atoms with Gasteiger partial charge in [-0.1, -0.05) is 18.2 Å². The second-order valence-electron chi connectivity index (χ2n) is 3.61. The van der Waals surface area contributed by atoms with E-state index >= 15 is 0 Å². The topological polar surface area (TPSA) is 61.3 Å². The van der Waals surface area contributed by atoms with Gasteiger partial charge in [-0.25, -0.2) is 4.98 Å². The van der Waals surface area contributed by atoms with E-state index in [0.717, 1.165) is 24.4 Å². The fraction of sp³-hybridized carbons (Fsp3) is 0.308. The summed E-state index contributed by atoms with van der Waals surface area (Å²) in [5.41, 5.74) is 8.24. The van der Waals surface area contributed by atoms with E-state index in [1.54, 1.807) is 6.20 Å². The number of nitrogens with two attached hydrogens (primary N) is 1. The van der Waals surface area contributed by atoms with Crippen molar-refractivity contribution < 1.29 is 9.15 Å². The van der Waals surface area contributed by atoms with Crippen LogP contribution in [0.3, 0.4) is 0 Å². The molecule has 1 aliphatic rings. The molecular formula is C13H16N2O2. The molecule has 0 aliphatic carbocycles. The molecule has 4 nitrogen and oxygen atoms in total. The highest BCUT2D eigenvalue weighted by Gasteiger charge is 2.15. The second-order valence-corrected chi connectivity index (χ2v) is 3.61. The lowest BCUT2D eigenvalue weighted by Crippen LogP contribution is -2.10. The van der Waals surface area contributed by atoms with Crippen molar-refractivity contribution in [1.29, 1.82) is 0 Å². The highest BCUT2D eigenvalue weighted by atomic mass is 16.5. The lowest BCUT2D eigenvalue weighted by atomic mass is 9.96. The van der Waals surface area contributed by atoms with Gasteiger partial charge in [0.2, 0.25) is 0 Å². The summed E-state index contributed by atoms with van der Waals surface area (Å²) < 4.78 is 10.8. The van der Waals surface area contributed by atoms with E-state index in [0.29, 0.717) is 6.61 Å². The van der Waals surface area contributed by atoms with Crippen LogP contribution in [0.4, 0.5) is 0 Å². The summed E-state index contributed by atoms with van der Waals surface area (Å²) in [6, 6.07) is 6.21. The van der Waals surface area contributed by atoms with E-state index in [9.17, 15) is 0 Å². The molecule has 0 saturated heterocycles. The standard InChI is InChI=1S/C12H11NO2.CH5N/c1-2-9-7-14-5-4-10(9)11(3-1)12-6-13-8-15-12;1-2/h1-3,6,8H,4-5,7H2;2H2,1H3. The summed E-state index contributed by atoms with van der Waals surface area (Å²) in [5.74, 6) is 0.841. The highest BCUT2D eigenvalue weighted by Crippen LogP contribution is 2.28. The van der Waals surface area contributed by atoms with Crippen LogP contribution in [0.15, 0.2) is 35.2 Å². The van der Waals surface area contributed by atoms with Crippen molar-refractivity contribution in [1.82, 2.24) is 4.98 Å². The third-order valence-electron chi connectivity index (χ3n) is 2.72. The Kier molecular flexibility index (Phi) is 3.90. The van der Waals surface area contributed by atoms with Gasteiger partial charge in [-0.3, -0.25) is 0 Å². The quantitative estimate of drug-likeness (QED) is 0.816. The number of aromatic nitrogens is 1. The maximum Gasteiger partial charge on any atom is 0.181 e. The zero-order chi connectivity index (χ0) is 12.1. The molecule has 0 unspecified atom stereocenters. The number of nitrogens with zero attached hydrogens (tertiary/aromatic N) is 1. The van der Waals surface area contributed by atoms with Gasteiger partial charge in [-0.2, -0.15) is 0 Å². The number of oxazole rings is 1. The molecule has 0 fully saturated rings. The second kappa shape index (κ2) is 5.61. The molecule has 2 aromatic rings. The number of benzene rings is 1. The zero-order valence-electron chi connectivity index (χ0n) is 9.85. The Morgan fingerprint density at radius 3 is 2.94 bits per heavy atom. The largest absolute Gasteiger partial charge is 0.444 e. The van der Waals surface area contributed by atoms with Crippen LogP contribution in [0, 0.1) is 0 Å². The molecule has 0 bridgehead atoms. The van der Waals surface area contributed by atoms with Gasteiger partial charge in [-0.15, -0.1) is 0 Å². The van der Waals surface area contributed by atoms with E-state index < -0.39 is 0 Å². The Balaban J connectivity index is 0.000000514. The van der Waals surface area contributed by atoms with Crippen LogP contribution in [-0.4, -0.2) is 18.6 Å². The van der Waals surface area contributed by atoms with Crippen molar-refractivity contribution in [3.8, 4) is 11.3 Å². The molecule has 1 aromatic heterocycles. The summed E-state index contributed by atoms with van der Waals surface area (Å²) in [6.45, 7) is 1.50. The highest BCUT2D eigenvalue weighted by molar-refractivity contribution is 5.63. The first-order chi connectivity index (χ1) is 8.45. The average Bonchev–Trinajstić information content (AvgIpc) is 2.94. The molecule has 0 amide bonds. The molecule has 0 radical (unpaired) electrons. The number of rotatable bonds is 1. The van der Waals surface area contributed by atoms with Crippen molar-refractivity contribution in [2.24, 2.45) is 5.73 Å². The van der Waals surface area contributed by atoms with Gasteiger partial charge < -0.3 is 14.9 Å². The summed E-state index contributed by atoms with van der Waals surface area (Å²) in [4.78, 5) is 3.95. The van der Waals surface area contributed by atoms with E-state index in [4.69, 9.17) is 9.15 Å². The van der Waals surface area contributed by atoms with E-state index in [1.165, 1.54) is 24.6 Å². The molecule has 1 aromatic carbocycles. The van der Waals surface area contributed by atoms with Crippen LogP contribution in [0.25, 0.3) is 11.3 Å². The molecule has 0 spiro atoms. The Morgan fingerprint density at radius 1 is 1.29 bits per heavy atom. The third-order valence-corrected chi connectivity index (χ3v) is 2.72. The summed E-state index contributed by atoms with van der Waals surface area (Å²) in [7, 11) is 1.50. The molecule has 90 valence electrons. The fourth-order valence-electron chi connectivity index (χ4n) is 2.00. The maximum atomic E-state index is 5.42. The first kappa shape index (κ1) is 11.8. The van der Waals surface area contributed by atoms with Crippen LogP contribution in [-0.2, 0) is 17.8 Å². The molecule has 0 saturated carbocycles. The molecule has 0 atom stereocenters. The average molecular weight is 232 g/mol. The van der Waals surface area contributed by atoms with E-state index in [-0.39, 0.29) is 0 Å². The Bertz CT molecular complexity index is 466. The summed E-state index contributed by atoms with van der Waals surface area (Å²) in [5, 5.41) is 0. The van der Waals surface area contributed by atoms with Crippen LogP contribution in [0.1, 0.15) is 11.1 Å². The fourth-order valence-corrected chi connectivity index (χ4v) is 2.00. The van der Waals surface area contributed by atoms with Gasteiger partial charge in [0.25, 0.3) is 0 Å². The summed E-state index contributed by atoms with van der Waals surface area (Å²) in [6.07, 6.45) is 4.17. The number of fused-ring (bicyclic) bond motifs is 1. The van der Waals surface area contributed by atoms with Gasteiger partial charge >= 0.3 is 0 Å². The van der Waals surface area contributed by atoms with Gasteiger partial charge in [0.15, 0.2) is 12.2 Å². The Hall–Kier alpha value is -1.65. The van der Waals surface area contributed by atoms with Crippen LogP contribution >= 0.6 is 0 Å². The Labute approximate surface area is 100 Å². The first-order valence-electron chi connectivity index (χ1n) is 5.60. The number of ether oxygens (including phenoxy) is 1. The number of hydrogen-bond acceptors (Lipinski definition) is 4. The lowest BCUT2D eigenvalue weighted by Gasteiger charge is -2.18. The van der Waals surface area contributed by atoms with Crippen molar-refractivity contribution in [2.75, 3.05) is 13.7 Å². The van der Waals surface area contributed by atoms with Crippen LogP contribution in [0.2, 0.25) is 0 Å². The molecule has 17 heavy (non-hydrogen) atoms. The van der Waals surface area contributed by atoms with Gasteiger partial charge in [0.05, 0.1) is 19.4 Å². The third kappa shape index (κ3) is 2.38. The maximum absolute atomic E-state index is 5.42. The predicted molar refractivity (Wildman–Crippen MR) is 65.4 cm³/mol. The smallest absolute Gasteiger partial charge is 0.181 e. The lowest BCUT2D eigenvalue weighted by molar-refractivity contribution is 0.111. The van der Waals surface area contributed by atoms with E-state index in [2.05, 4.69) is 22.9 Å². The monoisotopic (exact) mass is 232 g/mol. The molecule has 3 rings (SSSR count). The van der Waals surface area contributed by atoms with Crippen molar-refractivity contribution >= 4 is 0 Å². The minimum Gasteiger partial charge on any atom is -0.444 e. The SMILES string of the molecule is CN.c1cc2c(c(-c3cnco3)c1)CCOC2. The minimum absolute atomic E-state index is 0.706. The Morgan fingerprint density at radius 2 is 2.18 bits per heavy atom. The predicted octanol–water partition coefficient (Wildman–Crippen LogP) is 1.99. The van der Waals surface area contributed by atoms with Crippen molar-refractivity contribution in [3.63, 3.8) is 0 Å².